The van der Waals surface area contributed by atoms with Crippen molar-refractivity contribution in [2.24, 2.45) is 0 Å². The van der Waals surface area contributed by atoms with E-state index >= 15 is 0 Å². The molecule has 1 heterocycles. The van der Waals surface area contributed by atoms with Gasteiger partial charge in [0.2, 0.25) is 11.8 Å². The van der Waals surface area contributed by atoms with E-state index < -0.39 is 6.10 Å². The van der Waals surface area contributed by atoms with Crippen LogP contribution in [0.5, 0.6) is 0 Å². The summed E-state index contributed by atoms with van der Waals surface area (Å²) in [6.07, 6.45) is 0.923. The summed E-state index contributed by atoms with van der Waals surface area (Å²) in [7, 11) is 0. The lowest BCUT2D eigenvalue weighted by molar-refractivity contribution is -0.768. The van der Waals surface area contributed by atoms with Gasteiger partial charge in [-0.2, -0.15) is 0 Å². The number of nitrogen functional groups attached to an aromatic ring is 1. The van der Waals surface area contributed by atoms with Crippen LogP contribution in [-0.4, -0.2) is 10.4 Å². The molecule has 0 aliphatic rings. The Morgan fingerprint density at radius 1 is 1.40 bits per heavy atom. The Morgan fingerprint density at radius 2 is 2.13 bits per heavy atom. The maximum atomic E-state index is 9.84. The molecule has 2 aromatic rings. The highest BCUT2D eigenvalue weighted by Gasteiger charge is 2.16. The SMILES string of the molecule is Nc1c[n+](CC(O)c2ccccc2)no1. The molecule has 0 saturated heterocycles. The van der Waals surface area contributed by atoms with E-state index in [-0.39, 0.29) is 5.88 Å². The lowest BCUT2D eigenvalue weighted by Crippen LogP contribution is -2.37. The zero-order valence-electron chi connectivity index (χ0n) is 8.08. The van der Waals surface area contributed by atoms with E-state index in [9.17, 15) is 5.11 Å². The summed E-state index contributed by atoms with van der Waals surface area (Å²) in [6.45, 7) is 0.324. The van der Waals surface area contributed by atoms with Gasteiger partial charge in [-0.25, -0.2) is 0 Å². The second-order valence-corrected chi connectivity index (χ2v) is 3.25. The Bertz CT molecular complexity index is 427. The normalized spacial score (nSPS) is 12.6. The van der Waals surface area contributed by atoms with Crippen molar-refractivity contribution >= 4 is 5.88 Å². The van der Waals surface area contributed by atoms with Crippen LogP contribution in [0.25, 0.3) is 0 Å². The lowest BCUT2D eigenvalue weighted by atomic mass is 10.1. The predicted octanol–water partition coefficient (Wildman–Crippen LogP) is 0.278. The van der Waals surface area contributed by atoms with Crippen LogP contribution >= 0.6 is 0 Å². The number of aliphatic hydroxyl groups is 1. The summed E-state index contributed by atoms with van der Waals surface area (Å²) >= 11 is 0. The van der Waals surface area contributed by atoms with E-state index in [2.05, 4.69) is 9.79 Å². The molecular weight excluding hydrogens is 194 g/mol. The van der Waals surface area contributed by atoms with Gasteiger partial charge >= 0.3 is 0 Å². The third-order valence-electron chi connectivity index (χ3n) is 2.07. The average Bonchev–Trinajstić information content (AvgIpc) is 2.65. The van der Waals surface area contributed by atoms with Gasteiger partial charge in [-0.05, 0) is 10.2 Å². The monoisotopic (exact) mass is 206 g/mol. The molecule has 5 nitrogen and oxygen atoms in total. The minimum Gasteiger partial charge on any atom is -0.382 e. The van der Waals surface area contributed by atoms with Crippen LogP contribution in [0.4, 0.5) is 5.88 Å². The number of aliphatic hydroxyl groups excluding tert-OH is 1. The van der Waals surface area contributed by atoms with E-state index in [1.165, 1.54) is 10.9 Å². The Hall–Kier alpha value is -1.88. The standard InChI is InChI=1S/C10H12N3O2/c11-10-7-13(12-15-10)6-9(14)8-4-2-1-3-5-8/h1-5,7,9,14H,6,11H2/q+1. The second kappa shape index (κ2) is 4.10. The van der Waals surface area contributed by atoms with Crippen molar-refractivity contribution in [3.63, 3.8) is 0 Å². The molecule has 0 spiro atoms. The number of nitrogens with zero attached hydrogens (tertiary/aromatic N) is 2. The van der Waals surface area contributed by atoms with Gasteiger partial charge in [0.1, 0.15) is 6.10 Å². The molecule has 1 aromatic carbocycles. The summed E-state index contributed by atoms with van der Waals surface area (Å²) in [5, 5.41) is 13.5. The average molecular weight is 206 g/mol. The highest BCUT2D eigenvalue weighted by atomic mass is 16.5. The van der Waals surface area contributed by atoms with Gasteiger partial charge in [0.15, 0.2) is 0 Å². The summed E-state index contributed by atoms with van der Waals surface area (Å²) in [5.41, 5.74) is 6.20. The predicted molar refractivity (Wildman–Crippen MR) is 52.5 cm³/mol. The molecule has 78 valence electrons. The highest BCUT2D eigenvalue weighted by molar-refractivity contribution is 5.16. The first kappa shape index (κ1) is 9.67. The molecule has 1 aromatic heterocycles. The first-order valence-electron chi connectivity index (χ1n) is 4.60. The molecule has 0 aliphatic heterocycles. The fourth-order valence-corrected chi connectivity index (χ4v) is 1.34. The van der Waals surface area contributed by atoms with Gasteiger partial charge < -0.3 is 10.8 Å². The zero-order valence-corrected chi connectivity index (χ0v) is 8.08. The van der Waals surface area contributed by atoms with Crippen molar-refractivity contribution in [3.05, 3.63) is 42.1 Å². The van der Waals surface area contributed by atoms with Crippen molar-refractivity contribution in [1.82, 2.24) is 5.27 Å². The van der Waals surface area contributed by atoms with E-state index in [0.29, 0.717) is 6.54 Å². The molecule has 0 fully saturated rings. The summed E-state index contributed by atoms with van der Waals surface area (Å²) < 4.78 is 6.15. The first-order valence-corrected chi connectivity index (χ1v) is 4.60. The maximum Gasteiger partial charge on any atom is 0.293 e. The van der Waals surface area contributed by atoms with Gasteiger partial charge in [0, 0.05) is 0 Å². The van der Waals surface area contributed by atoms with E-state index in [1.807, 2.05) is 30.3 Å². The number of hydrogen-bond donors (Lipinski definition) is 2. The van der Waals surface area contributed by atoms with Crippen molar-refractivity contribution in [1.29, 1.82) is 0 Å². The van der Waals surface area contributed by atoms with Crippen LogP contribution in [0.3, 0.4) is 0 Å². The van der Waals surface area contributed by atoms with Crippen molar-refractivity contribution < 1.29 is 14.3 Å². The van der Waals surface area contributed by atoms with Gasteiger partial charge in [0.05, 0.1) is 0 Å². The van der Waals surface area contributed by atoms with Crippen LogP contribution in [0, 0.1) is 0 Å². The minimum absolute atomic E-state index is 0.232. The number of anilines is 1. The molecule has 5 heteroatoms. The number of aromatic nitrogens is 2. The highest BCUT2D eigenvalue weighted by Crippen LogP contribution is 2.11. The number of rotatable bonds is 3. The molecule has 0 amide bonds. The Kier molecular flexibility index (Phi) is 2.64. The molecule has 0 aliphatic carbocycles. The number of benzene rings is 1. The Morgan fingerprint density at radius 3 is 2.73 bits per heavy atom. The molecule has 0 radical (unpaired) electrons. The lowest BCUT2D eigenvalue weighted by Gasteiger charge is -2.03. The van der Waals surface area contributed by atoms with E-state index in [0.717, 1.165) is 5.56 Å². The van der Waals surface area contributed by atoms with Gasteiger partial charge in [-0.1, -0.05) is 30.3 Å². The Labute approximate surface area is 86.7 Å². The van der Waals surface area contributed by atoms with Crippen molar-refractivity contribution in [3.8, 4) is 0 Å². The molecule has 0 saturated carbocycles. The molecule has 1 unspecified atom stereocenters. The summed E-state index contributed by atoms with van der Waals surface area (Å²) in [5.74, 6) is 0.232. The molecule has 3 N–H and O–H groups in total. The fourth-order valence-electron chi connectivity index (χ4n) is 1.34. The first-order chi connectivity index (χ1) is 7.25. The van der Waals surface area contributed by atoms with Crippen LogP contribution in [0.1, 0.15) is 11.7 Å². The van der Waals surface area contributed by atoms with Crippen LogP contribution in [0.2, 0.25) is 0 Å². The van der Waals surface area contributed by atoms with Crippen LogP contribution in [0.15, 0.2) is 41.1 Å². The van der Waals surface area contributed by atoms with E-state index in [1.54, 1.807) is 0 Å². The molecule has 0 bridgehead atoms. The van der Waals surface area contributed by atoms with Gasteiger partial charge in [-0.15, -0.1) is 0 Å². The molecular formula is C10H12N3O2+. The van der Waals surface area contributed by atoms with Crippen LogP contribution < -0.4 is 10.4 Å². The Balaban J connectivity index is 2.07. The number of hydrogen-bond acceptors (Lipinski definition) is 4. The molecule has 1 atom stereocenters. The van der Waals surface area contributed by atoms with Gasteiger partial charge in [-0.3, -0.25) is 4.52 Å². The second-order valence-electron chi connectivity index (χ2n) is 3.25. The van der Waals surface area contributed by atoms with Crippen LogP contribution in [-0.2, 0) is 6.54 Å². The quantitative estimate of drug-likeness (QED) is 0.707. The number of nitrogens with two attached hydrogens (primary N) is 1. The smallest absolute Gasteiger partial charge is 0.293 e. The third-order valence-corrected chi connectivity index (χ3v) is 2.07. The van der Waals surface area contributed by atoms with Gasteiger partial charge in [0.25, 0.3) is 12.1 Å². The van der Waals surface area contributed by atoms with Crippen molar-refractivity contribution in [2.75, 3.05) is 5.73 Å². The minimum atomic E-state index is -0.610. The topological polar surface area (TPSA) is 76.2 Å². The summed E-state index contributed by atoms with van der Waals surface area (Å²) in [4.78, 5) is 0. The zero-order chi connectivity index (χ0) is 10.7. The van der Waals surface area contributed by atoms with E-state index in [4.69, 9.17) is 5.73 Å². The molecule has 2 rings (SSSR count). The largest absolute Gasteiger partial charge is 0.382 e. The molecule has 15 heavy (non-hydrogen) atoms. The summed E-state index contributed by atoms with van der Waals surface area (Å²) in [6, 6.07) is 9.36. The maximum absolute atomic E-state index is 9.84. The fraction of sp³-hybridized carbons (Fsp3) is 0.200. The van der Waals surface area contributed by atoms with Crippen molar-refractivity contribution in [2.45, 2.75) is 12.6 Å². The third kappa shape index (κ3) is 2.32.